The number of nitrogens with one attached hydrogen (secondary N) is 1. The minimum absolute atomic E-state index is 0.0891. The number of carbonyl (C=O) groups excluding carboxylic acids is 1. The molecule has 0 atom stereocenters. The Morgan fingerprint density at radius 3 is 2.50 bits per heavy atom. The van der Waals surface area contributed by atoms with E-state index < -0.39 is 10.0 Å². The summed E-state index contributed by atoms with van der Waals surface area (Å²) in [7, 11) is -3.66. The van der Waals surface area contributed by atoms with Gasteiger partial charge in [0.25, 0.3) is 5.91 Å². The number of hydrogen-bond donors (Lipinski definition) is 1. The predicted molar refractivity (Wildman–Crippen MR) is 99.9 cm³/mol. The molecule has 1 aromatic rings. The second-order valence-electron chi connectivity index (χ2n) is 7.09. The molecule has 1 aliphatic carbocycles. The number of rotatable bonds is 4. The van der Waals surface area contributed by atoms with Crippen LogP contribution in [-0.4, -0.2) is 51.0 Å². The summed E-state index contributed by atoms with van der Waals surface area (Å²) in [6, 6.07) is 4.43. The van der Waals surface area contributed by atoms with Crippen LogP contribution < -0.4 is 5.32 Å². The first-order chi connectivity index (χ1) is 12.4. The van der Waals surface area contributed by atoms with Crippen molar-refractivity contribution in [1.29, 1.82) is 0 Å². The van der Waals surface area contributed by atoms with Crippen LogP contribution in [0.1, 0.15) is 43.0 Å². The number of sulfonamides is 1. The highest BCUT2D eigenvalue weighted by Gasteiger charge is 2.28. The van der Waals surface area contributed by atoms with E-state index in [1.807, 2.05) is 0 Å². The Bertz CT molecular complexity index is 754. The summed E-state index contributed by atoms with van der Waals surface area (Å²) in [5, 5.41) is 3.26. The third-order valence-corrected chi connectivity index (χ3v) is 7.37. The van der Waals surface area contributed by atoms with E-state index in [0.29, 0.717) is 32.2 Å². The summed E-state index contributed by atoms with van der Waals surface area (Å²) in [5.74, 6) is 0.377. The summed E-state index contributed by atoms with van der Waals surface area (Å²) >= 11 is 6.18. The zero-order chi connectivity index (χ0) is 18.7. The van der Waals surface area contributed by atoms with Crippen molar-refractivity contribution in [1.82, 2.24) is 9.62 Å². The van der Waals surface area contributed by atoms with E-state index in [2.05, 4.69) is 12.2 Å². The topological polar surface area (TPSA) is 75.7 Å². The maximum Gasteiger partial charge on any atom is 0.253 e. The number of hydrogen-bond acceptors (Lipinski definition) is 4. The highest BCUT2D eigenvalue weighted by molar-refractivity contribution is 7.89. The Labute approximate surface area is 159 Å². The highest BCUT2D eigenvalue weighted by Crippen LogP contribution is 2.26. The lowest BCUT2D eigenvalue weighted by Gasteiger charge is -2.27. The first kappa shape index (κ1) is 19.6. The number of halogens is 1. The van der Waals surface area contributed by atoms with Crippen LogP contribution in [0, 0.1) is 5.92 Å². The second-order valence-corrected chi connectivity index (χ2v) is 9.43. The Balaban J connectivity index is 1.77. The van der Waals surface area contributed by atoms with Gasteiger partial charge < -0.3 is 10.1 Å². The number of benzene rings is 1. The van der Waals surface area contributed by atoms with Crippen molar-refractivity contribution in [2.75, 3.05) is 26.3 Å². The van der Waals surface area contributed by atoms with Gasteiger partial charge in [0.05, 0.1) is 28.7 Å². The third kappa shape index (κ3) is 4.39. The molecular formula is C18H25ClN2O4S. The van der Waals surface area contributed by atoms with Gasteiger partial charge in [-0.05, 0) is 49.8 Å². The van der Waals surface area contributed by atoms with Gasteiger partial charge in [-0.25, -0.2) is 8.42 Å². The van der Waals surface area contributed by atoms with Gasteiger partial charge in [0.2, 0.25) is 10.0 Å². The number of carbonyl (C=O) groups is 1. The molecule has 0 aromatic heterocycles. The molecule has 1 N–H and O–H groups in total. The van der Waals surface area contributed by atoms with Crippen LogP contribution in [0.5, 0.6) is 0 Å². The van der Waals surface area contributed by atoms with Crippen LogP contribution in [-0.2, 0) is 14.8 Å². The van der Waals surface area contributed by atoms with E-state index in [1.54, 1.807) is 0 Å². The fourth-order valence-electron chi connectivity index (χ4n) is 3.44. The number of ether oxygens (including phenoxy) is 1. The minimum Gasteiger partial charge on any atom is -0.379 e. The molecule has 0 bridgehead atoms. The minimum atomic E-state index is -3.66. The highest BCUT2D eigenvalue weighted by atomic mass is 35.5. The van der Waals surface area contributed by atoms with E-state index >= 15 is 0 Å². The van der Waals surface area contributed by atoms with Gasteiger partial charge in [-0.1, -0.05) is 18.5 Å². The molecule has 1 saturated carbocycles. The average Bonchev–Trinajstić information content (AvgIpc) is 2.64. The van der Waals surface area contributed by atoms with Crippen LogP contribution in [0.3, 0.4) is 0 Å². The molecule has 1 amide bonds. The van der Waals surface area contributed by atoms with Crippen molar-refractivity contribution in [3.05, 3.63) is 28.8 Å². The zero-order valence-electron chi connectivity index (χ0n) is 14.9. The lowest BCUT2D eigenvalue weighted by molar-refractivity contribution is 0.0730. The summed E-state index contributed by atoms with van der Waals surface area (Å²) in [5.41, 5.74) is 0.208. The SMILES string of the molecule is CC1CCC(NC(=O)c2cc(S(=O)(=O)N3CCOCC3)ccc2Cl)CC1. The van der Waals surface area contributed by atoms with E-state index in [9.17, 15) is 13.2 Å². The first-order valence-corrected chi connectivity index (χ1v) is 10.9. The number of morpholine rings is 1. The van der Waals surface area contributed by atoms with Crippen molar-refractivity contribution >= 4 is 27.5 Å². The number of nitrogens with zero attached hydrogens (tertiary/aromatic N) is 1. The van der Waals surface area contributed by atoms with Crippen molar-refractivity contribution in [3.63, 3.8) is 0 Å². The maximum absolute atomic E-state index is 12.8. The predicted octanol–water partition coefficient (Wildman–Crippen LogP) is 2.67. The van der Waals surface area contributed by atoms with E-state index in [4.69, 9.17) is 16.3 Å². The molecule has 0 spiro atoms. The monoisotopic (exact) mass is 400 g/mol. The van der Waals surface area contributed by atoms with Crippen molar-refractivity contribution in [2.45, 2.75) is 43.5 Å². The molecule has 0 radical (unpaired) electrons. The largest absolute Gasteiger partial charge is 0.379 e. The summed E-state index contributed by atoms with van der Waals surface area (Å²) in [6.07, 6.45) is 4.06. The molecule has 26 heavy (non-hydrogen) atoms. The van der Waals surface area contributed by atoms with E-state index in [-0.39, 0.29) is 27.4 Å². The lowest BCUT2D eigenvalue weighted by atomic mass is 9.87. The molecular weight excluding hydrogens is 376 g/mol. The van der Waals surface area contributed by atoms with Crippen molar-refractivity contribution < 1.29 is 17.9 Å². The quantitative estimate of drug-likeness (QED) is 0.843. The molecule has 1 heterocycles. The third-order valence-electron chi connectivity index (χ3n) is 5.14. The van der Waals surface area contributed by atoms with E-state index in [0.717, 1.165) is 25.7 Å². The van der Waals surface area contributed by atoms with Gasteiger partial charge in [-0.2, -0.15) is 4.31 Å². The maximum atomic E-state index is 12.8. The van der Waals surface area contributed by atoms with Gasteiger partial charge in [0, 0.05) is 19.1 Å². The zero-order valence-corrected chi connectivity index (χ0v) is 16.5. The number of amides is 1. The van der Waals surface area contributed by atoms with Crippen molar-refractivity contribution in [3.8, 4) is 0 Å². The molecule has 0 unspecified atom stereocenters. The standard InChI is InChI=1S/C18H25ClN2O4S/c1-13-2-4-14(5-3-13)20-18(22)16-12-15(6-7-17(16)19)26(23,24)21-8-10-25-11-9-21/h6-7,12-14H,2-5,8-11H2,1H3,(H,20,22). The fraction of sp³-hybridized carbons (Fsp3) is 0.611. The molecule has 1 aromatic carbocycles. The molecule has 6 nitrogen and oxygen atoms in total. The fourth-order valence-corrected chi connectivity index (χ4v) is 5.08. The Morgan fingerprint density at radius 2 is 1.85 bits per heavy atom. The van der Waals surface area contributed by atoms with Gasteiger partial charge >= 0.3 is 0 Å². The van der Waals surface area contributed by atoms with Gasteiger partial charge in [-0.15, -0.1) is 0 Å². The smallest absolute Gasteiger partial charge is 0.253 e. The van der Waals surface area contributed by atoms with Gasteiger partial charge in [0.15, 0.2) is 0 Å². The molecule has 2 aliphatic rings. The van der Waals surface area contributed by atoms with Crippen molar-refractivity contribution in [2.24, 2.45) is 5.92 Å². The van der Waals surface area contributed by atoms with Crippen LogP contribution in [0.25, 0.3) is 0 Å². The molecule has 8 heteroatoms. The van der Waals surface area contributed by atoms with Crippen LogP contribution in [0.15, 0.2) is 23.1 Å². The van der Waals surface area contributed by atoms with Crippen LogP contribution in [0.2, 0.25) is 5.02 Å². The molecule has 1 aliphatic heterocycles. The van der Waals surface area contributed by atoms with Crippen LogP contribution in [0.4, 0.5) is 0 Å². The van der Waals surface area contributed by atoms with E-state index in [1.165, 1.54) is 22.5 Å². The summed E-state index contributed by atoms with van der Waals surface area (Å²) in [4.78, 5) is 12.7. The molecule has 1 saturated heterocycles. The average molecular weight is 401 g/mol. The lowest BCUT2D eigenvalue weighted by Crippen LogP contribution is -2.41. The molecule has 2 fully saturated rings. The molecule has 144 valence electrons. The van der Waals surface area contributed by atoms with Gasteiger partial charge in [-0.3, -0.25) is 4.79 Å². The summed E-state index contributed by atoms with van der Waals surface area (Å²) in [6.45, 7) is 3.59. The normalized spacial score (nSPS) is 25.0. The second kappa shape index (κ2) is 8.25. The Hall–Kier alpha value is -1.15. The summed E-state index contributed by atoms with van der Waals surface area (Å²) < 4.78 is 32.2. The Morgan fingerprint density at radius 1 is 1.19 bits per heavy atom. The van der Waals surface area contributed by atoms with Crippen LogP contribution >= 0.6 is 11.6 Å². The Kier molecular flexibility index (Phi) is 6.22. The first-order valence-electron chi connectivity index (χ1n) is 9.06. The van der Waals surface area contributed by atoms with Gasteiger partial charge in [0.1, 0.15) is 0 Å². The molecule has 3 rings (SSSR count).